The minimum absolute atomic E-state index is 0.104. The number of non-ortho nitro benzene ring substituents is 1. The van der Waals surface area contributed by atoms with E-state index in [-0.39, 0.29) is 17.0 Å². The number of nitro benzene ring substituents is 1. The summed E-state index contributed by atoms with van der Waals surface area (Å²) in [6.07, 6.45) is 12.2. The molecule has 0 atom stereocenters. The van der Waals surface area contributed by atoms with Crippen LogP contribution in [0.1, 0.15) is 91.8 Å². The summed E-state index contributed by atoms with van der Waals surface area (Å²) >= 11 is 0. The quantitative estimate of drug-likeness (QED) is 0.0953. The molecule has 0 aliphatic rings. The lowest BCUT2D eigenvalue weighted by molar-refractivity contribution is -0.384. The monoisotopic (exact) mass is 455 g/mol. The molecule has 0 heterocycles. The summed E-state index contributed by atoms with van der Waals surface area (Å²) in [6, 6.07) is 11.3. The number of nitrogens with zero attached hydrogens (tertiary/aromatic N) is 1. The van der Waals surface area contributed by atoms with Gasteiger partial charge in [-0.05, 0) is 42.8 Å². The largest absolute Gasteiger partial charge is 0.462 e. The van der Waals surface area contributed by atoms with E-state index in [1.807, 2.05) is 0 Å². The third-order valence-electron chi connectivity index (χ3n) is 5.35. The third-order valence-corrected chi connectivity index (χ3v) is 5.35. The molecule has 0 amide bonds. The standard InChI is InChI=1S/C26H33NO6/c1-2-3-4-5-6-7-8-9-10-11-20-32-25(28)21-14-18-24(19-15-21)33-26(29)22-12-16-23(17-13-22)27(30)31/h12-19H,2-11,20H2,1H3. The van der Waals surface area contributed by atoms with E-state index in [4.69, 9.17) is 9.47 Å². The topological polar surface area (TPSA) is 95.7 Å². The summed E-state index contributed by atoms with van der Waals surface area (Å²) in [4.78, 5) is 34.5. The van der Waals surface area contributed by atoms with Crippen LogP contribution in [0.3, 0.4) is 0 Å². The minimum Gasteiger partial charge on any atom is -0.462 e. The van der Waals surface area contributed by atoms with Crippen LogP contribution in [0.15, 0.2) is 48.5 Å². The van der Waals surface area contributed by atoms with Crippen LogP contribution >= 0.6 is 0 Å². The molecule has 7 nitrogen and oxygen atoms in total. The molecule has 2 rings (SSSR count). The second-order valence-electron chi connectivity index (χ2n) is 8.04. The fourth-order valence-corrected chi connectivity index (χ4v) is 3.38. The summed E-state index contributed by atoms with van der Waals surface area (Å²) in [5, 5.41) is 10.7. The first-order valence-corrected chi connectivity index (χ1v) is 11.7. The fourth-order valence-electron chi connectivity index (χ4n) is 3.38. The lowest BCUT2D eigenvalue weighted by Crippen LogP contribution is -2.09. The second-order valence-corrected chi connectivity index (χ2v) is 8.04. The summed E-state index contributed by atoms with van der Waals surface area (Å²) < 4.78 is 10.6. The van der Waals surface area contributed by atoms with Gasteiger partial charge in [0.1, 0.15) is 5.75 Å². The molecule has 0 aliphatic heterocycles. The van der Waals surface area contributed by atoms with Crippen molar-refractivity contribution in [2.45, 2.75) is 71.1 Å². The van der Waals surface area contributed by atoms with Gasteiger partial charge >= 0.3 is 11.9 Å². The first kappa shape index (κ1) is 26.0. The van der Waals surface area contributed by atoms with Gasteiger partial charge in [0.2, 0.25) is 0 Å². The molecule has 0 aromatic heterocycles. The fraction of sp³-hybridized carbons (Fsp3) is 0.462. The lowest BCUT2D eigenvalue weighted by Gasteiger charge is -2.07. The average molecular weight is 456 g/mol. The number of ether oxygens (including phenoxy) is 2. The molecule has 2 aromatic carbocycles. The van der Waals surface area contributed by atoms with Crippen molar-refractivity contribution in [1.82, 2.24) is 0 Å². The van der Waals surface area contributed by atoms with Crippen LogP contribution in [0.25, 0.3) is 0 Å². The van der Waals surface area contributed by atoms with Crippen LogP contribution in [0.5, 0.6) is 5.75 Å². The van der Waals surface area contributed by atoms with E-state index in [9.17, 15) is 19.7 Å². The molecule has 0 radical (unpaired) electrons. The highest BCUT2D eigenvalue weighted by atomic mass is 16.6. The number of esters is 2. The molecular weight excluding hydrogens is 422 g/mol. The predicted molar refractivity (Wildman–Crippen MR) is 127 cm³/mol. The van der Waals surface area contributed by atoms with Crippen LogP contribution in [0.4, 0.5) is 5.69 Å². The van der Waals surface area contributed by atoms with Crippen molar-refractivity contribution < 1.29 is 24.0 Å². The van der Waals surface area contributed by atoms with Gasteiger partial charge in [0.15, 0.2) is 0 Å². The van der Waals surface area contributed by atoms with Crippen LogP contribution in [0, 0.1) is 10.1 Å². The van der Waals surface area contributed by atoms with E-state index in [2.05, 4.69) is 6.92 Å². The summed E-state index contributed by atoms with van der Waals surface area (Å²) in [7, 11) is 0. The molecule has 0 spiro atoms. The maximum atomic E-state index is 12.2. The predicted octanol–water partition coefficient (Wildman–Crippen LogP) is 6.89. The molecule has 0 saturated heterocycles. The van der Waals surface area contributed by atoms with Crippen LogP contribution in [0.2, 0.25) is 0 Å². The average Bonchev–Trinajstić information content (AvgIpc) is 2.83. The summed E-state index contributed by atoms with van der Waals surface area (Å²) in [5.74, 6) is -0.773. The zero-order valence-electron chi connectivity index (χ0n) is 19.3. The maximum Gasteiger partial charge on any atom is 0.343 e. The number of hydrogen-bond donors (Lipinski definition) is 0. The Labute approximate surface area is 195 Å². The first-order chi connectivity index (χ1) is 16.0. The Morgan fingerprint density at radius 1 is 0.727 bits per heavy atom. The highest BCUT2D eigenvalue weighted by Gasteiger charge is 2.13. The zero-order valence-corrected chi connectivity index (χ0v) is 19.3. The summed E-state index contributed by atoms with van der Waals surface area (Å²) in [5.41, 5.74) is 0.477. The Kier molecular flexibility index (Phi) is 11.7. The van der Waals surface area contributed by atoms with Gasteiger partial charge < -0.3 is 9.47 Å². The van der Waals surface area contributed by atoms with Crippen molar-refractivity contribution in [3.63, 3.8) is 0 Å². The van der Waals surface area contributed by atoms with E-state index >= 15 is 0 Å². The van der Waals surface area contributed by atoms with Crippen molar-refractivity contribution in [2.24, 2.45) is 0 Å². The number of hydrogen-bond acceptors (Lipinski definition) is 6. The van der Waals surface area contributed by atoms with Crippen LogP contribution in [-0.4, -0.2) is 23.5 Å². The van der Waals surface area contributed by atoms with Crippen molar-refractivity contribution in [2.75, 3.05) is 6.61 Å². The molecular formula is C26H33NO6. The third kappa shape index (κ3) is 9.85. The van der Waals surface area contributed by atoms with Gasteiger partial charge in [-0.3, -0.25) is 10.1 Å². The molecule has 0 N–H and O–H groups in total. The van der Waals surface area contributed by atoms with Gasteiger partial charge in [0, 0.05) is 12.1 Å². The van der Waals surface area contributed by atoms with E-state index in [0.717, 1.165) is 12.8 Å². The molecule has 2 aromatic rings. The van der Waals surface area contributed by atoms with Crippen molar-refractivity contribution in [3.8, 4) is 5.75 Å². The van der Waals surface area contributed by atoms with Gasteiger partial charge in [-0.15, -0.1) is 0 Å². The Bertz CT molecular complexity index is 877. The Hall–Kier alpha value is -3.22. The highest BCUT2D eigenvalue weighted by Crippen LogP contribution is 2.17. The van der Waals surface area contributed by atoms with E-state index in [0.29, 0.717) is 12.2 Å². The first-order valence-electron chi connectivity index (χ1n) is 11.7. The number of unbranched alkanes of at least 4 members (excludes halogenated alkanes) is 9. The van der Waals surface area contributed by atoms with Crippen LogP contribution < -0.4 is 4.74 Å². The van der Waals surface area contributed by atoms with Gasteiger partial charge in [-0.2, -0.15) is 0 Å². The Morgan fingerprint density at radius 3 is 1.76 bits per heavy atom. The Balaban J connectivity index is 1.64. The minimum atomic E-state index is -0.638. The van der Waals surface area contributed by atoms with Gasteiger partial charge in [0.05, 0.1) is 22.7 Å². The van der Waals surface area contributed by atoms with Crippen molar-refractivity contribution >= 4 is 17.6 Å². The number of benzene rings is 2. The zero-order chi connectivity index (χ0) is 23.9. The summed E-state index contributed by atoms with van der Waals surface area (Å²) in [6.45, 7) is 2.62. The van der Waals surface area contributed by atoms with Gasteiger partial charge in [-0.1, -0.05) is 64.7 Å². The molecule has 178 valence electrons. The molecule has 0 fully saturated rings. The number of nitro groups is 1. The SMILES string of the molecule is CCCCCCCCCCCCOC(=O)c1ccc(OC(=O)c2ccc([N+](=O)[O-])cc2)cc1. The van der Waals surface area contributed by atoms with E-state index < -0.39 is 16.9 Å². The van der Waals surface area contributed by atoms with Gasteiger partial charge in [-0.25, -0.2) is 9.59 Å². The van der Waals surface area contributed by atoms with Crippen LogP contribution in [-0.2, 0) is 4.74 Å². The normalized spacial score (nSPS) is 10.6. The van der Waals surface area contributed by atoms with Crippen molar-refractivity contribution in [1.29, 1.82) is 0 Å². The number of rotatable bonds is 15. The second kappa shape index (κ2) is 14.8. The van der Waals surface area contributed by atoms with E-state index in [1.165, 1.54) is 87.8 Å². The highest BCUT2D eigenvalue weighted by molar-refractivity contribution is 5.92. The van der Waals surface area contributed by atoms with Gasteiger partial charge in [0.25, 0.3) is 5.69 Å². The van der Waals surface area contributed by atoms with E-state index in [1.54, 1.807) is 12.1 Å². The maximum absolute atomic E-state index is 12.2. The molecule has 0 unspecified atom stereocenters. The molecule has 7 heteroatoms. The number of carbonyl (C=O) groups excluding carboxylic acids is 2. The molecule has 0 saturated carbocycles. The Morgan fingerprint density at radius 2 is 1.21 bits per heavy atom. The number of carbonyl (C=O) groups is 2. The molecule has 0 bridgehead atoms. The molecule has 0 aliphatic carbocycles. The lowest BCUT2D eigenvalue weighted by atomic mass is 10.1. The smallest absolute Gasteiger partial charge is 0.343 e. The molecule has 33 heavy (non-hydrogen) atoms. The van der Waals surface area contributed by atoms with Crippen molar-refractivity contribution in [3.05, 3.63) is 69.8 Å².